The fourth-order valence-corrected chi connectivity index (χ4v) is 2.93. The van der Waals surface area contributed by atoms with Gasteiger partial charge in [-0.05, 0) is 36.6 Å². The van der Waals surface area contributed by atoms with Gasteiger partial charge >= 0.3 is 0 Å². The van der Waals surface area contributed by atoms with Crippen LogP contribution in [0.15, 0.2) is 42.7 Å². The first kappa shape index (κ1) is 15.8. The lowest BCUT2D eigenvalue weighted by Crippen LogP contribution is -2.10. The molecule has 1 aliphatic heterocycles. The third-order valence-electron chi connectivity index (χ3n) is 4.26. The molecule has 0 bridgehead atoms. The van der Waals surface area contributed by atoms with Crippen molar-refractivity contribution in [1.82, 2.24) is 19.7 Å². The zero-order valence-electron chi connectivity index (χ0n) is 13.4. The molecule has 1 saturated heterocycles. The molecular weight excluding hydrogens is 326 g/mol. The van der Waals surface area contributed by atoms with Gasteiger partial charge in [-0.2, -0.15) is 0 Å². The smallest absolute Gasteiger partial charge is 0.181 e. The summed E-state index contributed by atoms with van der Waals surface area (Å²) in [5, 5.41) is 4.51. The molecule has 1 atom stereocenters. The van der Waals surface area contributed by atoms with Gasteiger partial charge in [0.1, 0.15) is 5.82 Å². The van der Waals surface area contributed by atoms with Gasteiger partial charge in [0.15, 0.2) is 17.5 Å². The standard InChI is InChI=1S/C18H16F2N4O/c19-15-2-1-14(10-16(15)20)24-17(9-12-5-8-25-11-12)22-18(23-24)13-3-6-21-7-4-13/h1-4,6-7,10,12H,5,8-9,11H2. The molecule has 25 heavy (non-hydrogen) atoms. The van der Waals surface area contributed by atoms with Crippen molar-refractivity contribution in [2.75, 3.05) is 13.2 Å². The van der Waals surface area contributed by atoms with Gasteiger partial charge in [0, 0.05) is 43.7 Å². The predicted molar refractivity (Wildman–Crippen MR) is 87.1 cm³/mol. The largest absolute Gasteiger partial charge is 0.381 e. The Morgan fingerprint density at radius 1 is 1.12 bits per heavy atom. The van der Waals surface area contributed by atoms with E-state index in [2.05, 4.69) is 15.1 Å². The number of ether oxygens (including phenoxy) is 1. The molecule has 0 amide bonds. The van der Waals surface area contributed by atoms with Crippen LogP contribution in [0.3, 0.4) is 0 Å². The van der Waals surface area contributed by atoms with Crippen LogP contribution in [0.4, 0.5) is 8.78 Å². The summed E-state index contributed by atoms with van der Waals surface area (Å²) in [6, 6.07) is 7.36. The summed E-state index contributed by atoms with van der Waals surface area (Å²) in [6.45, 7) is 1.41. The minimum absolute atomic E-state index is 0.346. The fraction of sp³-hybridized carbons (Fsp3) is 0.278. The monoisotopic (exact) mass is 342 g/mol. The minimum Gasteiger partial charge on any atom is -0.381 e. The highest BCUT2D eigenvalue weighted by molar-refractivity contribution is 5.54. The van der Waals surface area contributed by atoms with Gasteiger partial charge < -0.3 is 4.74 Å². The Balaban J connectivity index is 1.76. The first-order valence-corrected chi connectivity index (χ1v) is 8.10. The molecule has 1 aromatic carbocycles. The zero-order chi connectivity index (χ0) is 17.2. The molecule has 3 aromatic rings. The van der Waals surface area contributed by atoms with E-state index >= 15 is 0 Å². The minimum atomic E-state index is -0.909. The lowest BCUT2D eigenvalue weighted by atomic mass is 10.0. The maximum atomic E-state index is 13.7. The van der Waals surface area contributed by atoms with Crippen LogP contribution >= 0.6 is 0 Å². The molecular formula is C18H16F2N4O. The number of halogens is 2. The van der Waals surface area contributed by atoms with Gasteiger partial charge in [0.2, 0.25) is 0 Å². The van der Waals surface area contributed by atoms with Crippen molar-refractivity contribution in [3.05, 3.63) is 60.2 Å². The highest BCUT2D eigenvalue weighted by atomic mass is 19.2. The van der Waals surface area contributed by atoms with Crippen LogP contribution in [0, 0.1) is 17.6 Å². The maximum Gasteiger partial charge on any atom is 0.181 e. The SMILES string of the molecule is Fc1ccc(-n2nc(-c3ccncc3)nc2CC2CCOC2)cc1F. The predicted octanol–water partition coefficient (Wildman–Crippen LogP) is 3.19. The Morgan fingerprint density at radius 3 is 2.68 bits per heavy atom. The highest BCUT2D eigenvalue weighted by Crippen LogP contribution is 2.23. The van der Waals surface area contributed by atoms with Gasteiger partial charge in [0.05, 0.1) is 5.69 Å². The lowest BCUT2D eigenvalue weighted by Gasteiger charge is -2.09. The second-order valence-corrected chi connectivity index (χ2v) is 6.03. The van der Waals surface area contributed by atoms with Gasteiger partial charge in [-0.15, -0.1) is 5.10 Å². The summed E-state index contributed by atoms with van der Waals surface area (Å²) in [7, 11) is 0. The Hall–Kier alpha value is -2.67. The molecule has 4 rings (SSSR count). The van der Waals surface area contributed by atoms with Crippen LogP contribution in [0.1, 0.15) is 12.2 Å². The van der Waals surface area contributed by atoms with E-state index in [0.29, 0.717) is 36.3 Å². The second-order valence-electron chi connectivity index (χ2n) is 6.03. The summed E-state index contributed by atoms with van der Waals surface area (Å²) in [6.07, 6.45) is 4.95. The number of hydrogen-bond donors (Lipinski definition) is 0. The van der Waals surface area contributed by atoms with Crippen LogP contribution in [0.5, 0.6) is 0 Å². The van der Waals surface area contributed by atoms with Crippen LogP contribution in [-0.2, 0) is 11.2 Å². The van der Waals surface area contributed by atoms with Crippen molar-refractivity contribution in [3.63, 3.8) is 0 Å². The van der Waals surface area contributed by atoms with E-state index in [1.165, 1.54) is 6.07 Å². The van der Waals surface area contributed by atoms with Crippen LogP contribution in [0.25, 0.3) is 17.1 Å². The molecule has 5 nitrogen and oxygen atoms in total. The molecule has 3 heterocycles. The zero-order valence-corrected chi connectivity index (χ0v) is 13.4. The van der Waals surface area contributed by atoms with Crippen molar-refractivity contribution in [3.8, 4) is 17.1 Å². The fourth-order valence-electron chi connectivity index (χ4n) is 2.93. The first-order valence-electron chi connectivity index (χ1n) is 8.10. The van der Waals surface area contributed by atoms with Crippen molar-refractivity contribution in [2.24, 2.45) is 5.92 Å². The van der Waals surface area contributed by atoms with Crippen LogP contribution < -0.4 is 0 Å². The summed E-state index contributed by atoms with van der Waals surface area (Å²) in [5.74, 6) is -0.217. The number of hydrogen-bond acceptors (Lipinski definition) is 4. The molecule has 0 saturated carbocycles. The Bertz CT molecular complexity index is 876. The lowest BCUT2D eigenvalue weighted by molar-refractivity contribution is 0.185. The van der Waals surface area contributed by atoms with Crippen LogP contribution in [-0.4, -0.2) is 33.0 Å². The van der Waals surface area contributed by atoms with E-state index < -0.39 is 11.6 Å². The number of pyridine rings is 1. The van der Waals surface area contributed by atoms with Crippen molar-refractivity contribution >= 4 is 0 Å². The molecule has 0 radical (unpaired) electrons. The summed E-state index contributed by atoms with van der Waals surface area (Å²) < 4.78 is 33.9. The molecule has 1 unspecified atom stereocenters. The number of nitrogens with zero attached hydrogens (tertiary/aromatic N) is 4. The van der Waals surface area contributed by atoms with Crippen molar-refractivity contribution < 1.29 is 13.5 Å². The average molecular weight is 342 g/mol. The molecule has 0 spiro atoms. The molecule has 7 heteroatoms. The number of benzene rings is 1. The van der Waals surface area contributed by atoms with E-state index in [-0.39, 0.29) is 0 Å². The van der Waals surface area contributed by atoms with E-state index in [1.807, 2.05) is 12.1 Å². The molecule has 1 aliphatic rings. The second kappa shape index (κ2) is 6.68. The van der Waals surface area contributed by atoms with E-state index in [9.17, 15) is 8.78 Å². The molecule has 128 valence electrons. The first-order chi connectivity index (χ1) is 12.2. The topological polar surface area (TPSA) is 52.8 Å². The van der Waals surface area contributed by atoms with Crippen LogP contribution in [0.2, 0.25) is 0 Å². The van der Waals surface area contributed by atoms with Gasteiger partial charge in [-0.25, -0.2) is 18.4 Å². The van der Waals surface area contributed by atoms with E-state index in [4.69, 9.17) is 4.74 Å². The van der Waals surface area contributed by atoms with Crippen molar-refractivity contribution in [1.29, 1.82) is 0 Å². The third kappa shape index (κ3) is 3.28. The summed E-state index contributed by atoms with van der Waals surface area (Å²) in [4.78, 5) is 8.62. The molecule has 1 fully saturated rings. The highest BCUT2D eigenvalue weighted by Gasteiger charge is 2.21. The van der Waals surface area contributed by atoms with E-state index in [1.54, 1.807) is 17.1 Å². The van der Waals surface area contributed by atoms with Gasteiger partial charge in [0.25, 0.3) is 0 Å². The average Bonchev–Trinajstić information content (AvgIpc) is 3.29. The normalized spacial score (nSPS) is 17.1. The van der Waals surface area contributed by atoms with Gasteiger partial charge in [-0.1, -0.05) is 0 Å². The molecule has 0 aliphatic carbocycles. The number of rotatable bonds is 4. The molecule has 2 aromatic heterocycles. The Kier molecular flexibility index (Phi) is 4.23. The number of aromatic nitrogens is 4. The summed E-state index contributed by atoms with van der Waals surface area (Å²) in [5.41, 5.74) is 1.26. The van der Waals surface area contributed by atoms with Crippen molar-refractivity contribution in [2.45, 2.75) is 12.8 Å². The van der Waals surface area contributed by atoms with E-state index in [0.717, 1.165) is 30.7 Å². The molecule has 0 N–H and O–H groups in total. The maximum absolute atomic E-state index is 13.7. The Morgan fingerprint density at radius 2 is 1.96 bits per heavy atom. The Labute approximate surface area is 143 Å². The third-order valence-corrected chi connectivity index (χ3v) is 4.26. The summed E-state index contributed by atoms with van der Waals surface area (Å²) >= 11 is 0. The quantitative estimate of drug-likeness (QED) is 0.731. The van der Waals surface area contributed by atoms with Gasteiger partial charge in [-0.3, -0.25) is 4.98 Å².